The lowest BCUT2D eigenvalue weighted by atomic mass is 10.0. The van der Waals surface area contributed by atoms with Crippen molar-refractivity contribution in [2.75, 3.05) is 25.5 Å². The Bertz CT molecular complexity index is 442. The van der Waals surface area contributed by atoms with Crippen LogP contribution in [0.3, 0.4) is 0 Å². The molecule has 2 rings (SSSR count). The molecule has 1 saturated heterocycles. The van der Waals surface area contributed by atoms with Crippen molar-refractivity contribution in [3.05, 3.63) is 29.8 Å². The first-order valence-electron chi connectivity index (χ1n) is 7.13. The van der Waals surface area contributed by atoms with E-state index < -0.39 is 0 Å². The number of amides is 1. The second kappa shape index (κ2) is 6.20. The Morgan fingerprint density at radius 1 is 1.42 bits per heavy atom. The zero-order valence-electron chi connectivity index (χ0n) is 12.1. The topological polar surface area (TPSA) is 32.3 Å². The number of carbonyl (C=O) groups is 1. The molecule has 0 radical (unpaired) electrons. The van der Waals surface area contributed by atoms with E-state index in [2.05, 4.69) is 37.2 Å². The smallest absolute Gasteiger partial charge is 0.224 e. The molecule has 1 atom stereocenters. The van der Waals surface area contributed by atoms with Crippen LogP contribution in [0.2, 0.25) is 0 Å². The van der Waals surface area contributed by atoms with Gasteiger partial charge in [-0.15, -0.1) is 0 Å². The van der Waals surface area contributed by atoms with E-state index in [4.69, 9.17) is 0 Å². The Labute approximate surface area is 116 Å². The van der Waals surface area contributed by atoms with Gasteiger partial charge >= 0.3 is 0 Å². The summed E-state index contributed by atoms with van der Waals surface area (Å²) in [6.45, 7) is 6.45. The van der Waals surface area contributed by atoms with E-state index in [0.29, 0.717) is 18.3 Å². The van der Waals surface area contributed by atoms with Crippen LogP contribution < -0.4 is 5.32 Å². The molecule has 1 unspecified atom stereocenters. The van der Waals surface area contributed by atoms with Crippen LogP contribution in [0.1, 0.15) is 38.2 Å². The molecule has 1 aromatic carbocycles. The van der Waals surface area contributed by atoms with Crippen LogP contribution in [-0.2, 0) is 4.79 Å². The minimum Gasteiger partial charge on any atom is -0.326 e. The number of likely N-dealkylation sites (tertiary alicyclic amines) is 1. The summed E-state index contributed by atoms with van der Waals surface area (Å²) in [5, 5.41) is 3.08. The average molecular weight is 260 g/mol. The van der Waals surface area contributed by atoms with Gasteiger partial charge in [-0.2, -0.15) is 0 Å². The molecule has 1 aromatic rings. The van der Waals surface area contributed by atoms with E-state index in [0.717, 1.165) is 25.2 Å². The maximum atomic E-state index is 12.1. The van der Waals surface area contributed by atoms with Crippen LogP contribution in [0.15, 0.2) is 24.3 Å². The first kappa shape index (κ1) is 14.1. The summed E-state index contributed by atoms with van der Waals surface area (Å²) >= 11 is 0. The van der Waals surface area contributed by atoms with Crippen molar-refractivity contribution in [1.82, 2.24) is 4.90 Å². The Morgan fingerprint density at radius 2 is 2.16 bits per heavy atom. The molecule has 3 heteroatoms. The molecule has 1 aliphatic heterocycles. The van der Waals surface area contributed by atoms with Crippen molar-refractivity contribution < 1.29 is 4.79 Å². The molecule has 19 heavy (non-hydrogen) atoms. The number of nitrogens with zero attached hydrogens (tertiary/aromatic N) is 1. The molecule has 3 nitrogen and oxygen atoms in total. The molecule has 0 saturated carbocycles. The predicted molar refractivity (Wildman–Crippen MR) is 79.4 cm³/mol. The lowest BCUT2D eigenvalue weighted by molar-refractivity contribution is -0.117. The number of nitrogens with one attached hydrogen (secondary N) is 1. The van der Waals surface area contributed by atoms with E-state index >= 15 is 0 Å². The van der Waals surface area contributed by atoms with Crippen LogP contribution in [0.4, 0.5) is 5.69 Å². The van der Waals surface area contributed by atoms with Crippen molar-refractivity contribution in [3.63, 3.8) is 0 Å². The third-order valence-electron chi connectivity index (χ3n) is 3.82. The lowest BCUT2D eigenvalue weighted by Crippen LogP contribution is -2.20. The SMILES string of the molecule is CC(C)c1ccccc1NC(=O)CC1CCN(C)C1. The van der Waals surface area contributed by atoms with Crippen LogP contribution in [0.25, 0.3) is 0 Å². The molecule has 0 aliphatic carbocycles. The second-order valence-electron chi connectivity index (χ2n) is 5.91. The maximum Gasteiger partial charge on any atom is 0.224 e. The highest BCUT2D eigenvalue weighted by Crippen LogP contribution is 2.25. The van der Waals surface area contributed by atoms with Crippen molar-refractivity contribution in [3.8, 4) is 0 Å². The Kier molecular flexibility index (Phi) is 4.59. The summed E-state index contributed by atoms with van der Waals surface area (Å²) in [5.41, 5.74) is 2.17. The maximum absolute atomic E-state index is 12.1. The van der Waals surface area contributed by atoms with Crippen LogP contribution >= 0.6 is 0 Å². The minimum atomic E-state index is 0.147. The van der Waals surface area contributed by atoms with E-state index in [1.807, 2.05) is 18.2 Å². The van der Waals surface area contributed by atoms with Gasteiger partial charge in [0.2, 0.25) is 5.91 Å². The summed E-state index contributed by atoms with van der Waals surface area (Å²) in [5.74, 6) is 1.08. The number of rotatable bonds is 4. The molecule has 1 amide bonds. The fraction of sp³-hybridized carbons (Fsp3) is 0.562. The van der Waals surface area contributed by atoms with Gasteiger partial charge in [0.05, 0.1) is 0 Å². The van der Waals surface area contributed by atoms with Crippen LogP contribution in [0.5, 0.6) is 0 Å². The number of hydrogen-bond acceptors (Lipinski definition) is 2. The number of anilines is 1. The van der Waals surface area contributed by atoms with Crippen molar-refractivity contribution >= 4 is 11.6 Å². The van der Waals surface area contributed by atoms with Crippen molar-refractivity contribution in [2.24, 2.45) is 5.92 Å². The molecule has 1 fully saturated rings. The molecule has 0 aromatic heterocycles. The largest absolute Gasteiger partial charge is 0.326 e. The van der Waals surface area contributed by atoms with Gasteiger partial charge in [0.25, 0.3) is 0 Å². The summed E-state index contributed by atoms with van der Waals surface area (Å²) in [6, 6.07) is 8.08. The quantitative estimate of drug-likeness (QED) is 0.902. The van der Waals surface area contributed by atoms with Gasteiger partial charge in [0, 0.05) is 18.7 Å². The molecular weight excluding hydrogens is 236 g/mol. The second-order valence-corrected chi connectivity index (χ2v) is 5.91. The number of hydrogen-bond donors (Lipinski definition) is 1. The van der Waals surface area contributed by atoms with E-state index in [-0.39, 0.29) is 5.91 Å². The van der Waals surface area contributed by atoms with E-state index in [9.17, 15) is 4.79 Å². The first-order valence-corrected chi connectivity index (χ1v) is 7.13. The number of carbonyl (C=O) groups excluding carboxylic acids is 1. The third-order valence-corrected chi connectivity index (χ3v) is 3.82. The normalized spacial score (nSPS) is 19.9. The van der Waals surface area contributed by atoms with Crippen molar-refractivity contribution in [1.29, 1.82) is 0 Å². The summed E-state index contributed by atoms with van der Waals surface area (Å²) in [7, 11) is 2.12. The van der Waals surface area contributed by atoms with Crippen LogP contribution in [-0.4, -0.2) is 30.9 Å². The van der Waals surface area contributed by atoms with Gasteiger partial charge < -0.3 is 10.2 Å². The van der Waals surface area contributed by atoms with Gasteiger partial charge in [-0.25, -0.2) is 0 Å². The average Bonchev–Trinajstić information content (AvgIpc) is 2.75. The molecular formula is C16H24N2O. The van der Waals surface area contributed by atoms with Crippen LogP contribution in [0, 0.1) is 5.92 Å². The van der Waals surface area contributed by atoms with Gasteiger partial charge in [-0.1, -0.05) is 32.0 Å². The fourth-order valence-electron chi connectivity index (χ4n) is 2.77. The lowest BCUT2D eigenvalue weighted by Gasteiger charge is -2.15. The van der Waals surface area contributed by atoms with E-state index in [1.165, 1.54) is 5.56 Å². The Hall–Kier alpha value is -1.35. The standard InChI is InChI=1S/C16H24N2O/c1-12(2)14-6-4-5-7-15(14)17-16(19)10-13-8-9-18(3)11-13/h4-7,12-13H,8-11H2,1-3H3,(H,17,19). The zero-order valence-corrected chi connectivity index (χ0v) is 12.1. The summed E-state index contributed by atoms with van der Waals surface area (Å²) in [6.07, 6.45) is 1.77. The molecule has 1 heterocycles. The van der Waals surface area contributed by atoms with E-state index in [1.54, 1.807) is 0 Å². The molecule has 1 aliphatic rings. The Morgan fingerprint density at radius 3 is 2.79 bits per heavy atom. The molecule has 0 bridgehead atoms. The monoisotopic (exact) mass is 260 g/mol. The molecule has 104 valence electrons. The zero-order chi connectivity index (χ0) is 13.8. The Balaban J connectivity index is 1.95. The fourth-order valence-corrected chi connectivity index (χ4v) is 2.77. The molecule has 0 spiro atoms. The highest BCUT2D eigenvalue weighted by Gasteiger charge is 2.22. The number of benzene rings is 1. The first-order chi connectivity index (χ1) is 9.06. The predicted octanol–water partition coefficient (Wildman–Crippen LogP) is 3.09. The molecule has 1 N–H and O–H groups in total. The van der Waals surface area contributed by atoms with Gasteiger partial charge in [0.1, 0.15) is 0 Å². The highest BCUT2D eigenvalue weighted by molar-refractivity contribution is 5.91. The van der Waals surface area contributed by atoms with Crippen molar-refractivity contribution in [2.45, 2.75) is 32.6 Å². The summed E-state index contributed by atoms with van der Waals surface area (Å²) < 4.78 is 0. The van der Waals surface area contributed by atoms with Gasteiger partial charge in [-0.05, 0) is 43.5 Å². The van der Waals surface area contributed by atoms with Gasteiger partial charge in [0.15, 0.2) is 0 Å². The minimum absolute atomic E-state index is 0.147. The highest BCUT2D eigenvalue weighted by atomic mass is 16.1. The van der Waals surface area contributed by atoms with Gasteiger partial charge in [-0.3, -0.25) is 4.79 Å². The third kappa shape index (κ3) is 3.80. The summed E-state index contributed by atoms with van der Waals surface area (Å²) in [4.78, 5) is 14.4. The number of para-hydroxylation sites is 1.